The molecule has 4 rings (SSSR count). The van der Waals surface area contributed by atoms with Crippen molar-refractivity contribution in [2.24, 2.45) is 0 Å². The second kappa shape index (κ2) is 7.90. The van der Waals surface area contributed by atoms with Crippen molar-refractivity contribution in [1.82, 2.24) is 5.16 Å². The van der Waals surface area contributed by atoms with E-state index in [2.05, 4.69) is 20.5 Å². The Morgan fingerprint density at radius 1 is 0.968 bits per heavy atom. The van der Waals surface area contributed by atoms with Crippen LogP contribution < -0.4 is 21.1 Å². The van der Waals surface area contributed by atoms with Crippen LogP contribution >= 0.6 is 0 Å². The molecule has 0 fully saturated rings. The number of halogens is 3. The van der Waals surface area contributed by atoms with E-state index in [9.17, 15) is 18.0 Å². The minimum absolute atomic E-state index is 0.122. The van der Waals surface area contributed by atoms with Crippen molar-refractivity contribution in [3.63, 3.8) is 0 Å². The average Bonchev–Trinajstić information content (AvgIpc) is 3.10. The van der Waals surface area contributed by atoms with Crippen LogP contribution in [0.5, 0.6) is 5.75 Å². The highest BCUT2D eigenvalue weighted by atomic mass is 19.4. The molecule has 0 atom stereocenters. The molecule has 7 nitrogen and oxygen atoms in total. The second-order valence-corrected chi connectivity index (χ2v) is 6.45. The van der Waals surface area contributed by atoms with Gasteiger partial charge in [-0.3, -0.25) is 0 Å². The number of nitrogens with two attached hydrogens (primary N) is 1. The molecule has 4 aromatic rings. The van der Waals surface area contributed by atoms with E-state index in [1.807, 2.05) is 12.1 Å². The first-order chi connectivity index (χ1) is 14.8. The minimum Gasteiger partial charge on any atom is -0.404 e. The third-order valence-corrected chi connectivity index (χ3v) is 4.35. The fraction of sp³-hybridized carbons (Fsp3) is 0.0476. The summed E-state index contributed by atoms with van der Waals surface area (Å²) in [6.07, 6.45) is -4.87. The predicted molar refractivity (Wildman–Crippen MR) is 110 cm³/mol. The van der Waals surface area contributed by atoms with Gasteiger partial charge < -0.3 is 25.6 Å². The summed E-state index contributed by atoms with van der Waals surface area (Å²) in [5, 5.41) is 9.47. The summed E-state index contributed by atoms with van der Waals surface area (Å²) in [5.41, 5.74) is 8.42. The number of carbonyl (C=O) groups is 1. The maximum atomic E-state index is 12.5. The Balaban J connectivity index is 1.49. The molecule has 0 radical (unpaired) electrons. The van der Waals surface area contributed by atoms with E-state index in [1.165, 1.54) is 18.2 Å². The number of hydrogen-bond acceptors (Lipinski definition) is 5. The van der Waals surface area contributed by atoms with Gasteiger partial charge in [0.25, 0.3) is 0 Å². The molecule has 0 aliphatic carbocycles. The van der Waals surface area contributed by atoms with Crippen LogP contribution in [0.15, 0.2) is 71.3 Å². The van der Waals surface area contributed by atoms with Crippen LogP contribution in [0.2, 0.25) is 0 Å². The number of benzene rings is 3. The second-order valence-electron chi connectivity index (χ2n) is 6.45. The maximum Gasteiger partial charge on any atom is 0.573 e. The van der Waals surface area contributed by atoms with E-state index >= 15 is 0 Å². The van der Waals surface area contributed by atoms with Gasteiger partial charge >= 0.3 is 12.4 Å². The van der Waals surface area contributed by atoms with Crippen molar-refractivity contribution < 1.29 is 27.2 Å². The number of nitrogens with zero attached hydrogens (tertiary/aromatic N) is 1. The van der Waals surface area contributed by atoms with Gasteiger partial charge in [-0.15, -0.1) is 13.2 Å². The van der Waals surface area contributed by atoms with Crippen LogP contribution in [0, 0.1) is 0 Å². The molecule has 0 unspecified atom stereocenters. The third-order valence-electron chi connectivity index (χ3n) is 4.35. The summed E-state index contributed by atoms with van der Waals surface area (Å²) in [6.45, 7) is 0. The van der Waals surface area contributed by atoms with E-state index < -0.39 is 18.1 Å². The highest BCUT2D eigenvalue weighted by Gasteiger charge is 2.32. The molecule has 0 aliphatic heterocycles. The molecule has 0 aliphatic rings. The highest BCUT2D eigenvalue weighted by molar-refractivity contribution is 6.02. The first-order valence-corrected chi connectivity index (χ1v) is 8.97. The third kappa shape index (κ3) is 4.53. The van der Waals surface area contributed by atoms with Crippen molar-refractivity contribution in [2.45, 2.75) is 6.36 Å². The average molecular weight is 428 g/mol. The Labute approximate surface area is 173 Å². The van der Waals surface area contributed by atoms with Gasteiger partial charge in [-0.1, -0.05) is 41.6 Å². The molecule has 2 amide bonds. The summed E-state index contributed by atoms with van der Waals surface area (Å²) in [7, 11) is 0. The minimum atomic E-state index is -4.87. The zero-order chi connectivity index (χ0) is 22.0. The zero-order valence-corrected chi connectivity index (χ0v) is 15.7. The first-order valence-electron chi connectivity index (χ1n) is 8.97. The summed E-state index contributed by atoms with van der Waals surface area (Å²) in [4.78, 5) is 12.2. The van der Waals surface area contributed by atoms with Gasteiger partial charge in [0.2, 0.25) is 5.88 Å². The summed E-state index contributed by atoms with van der Waals surface area (Å²) in [6, 6.07) is 16.8. The summed E-state index contributed by atoms with van der Waals surface area (Å²) < 4.78 is 46.5. The molecule has 31 heavy (non-hydrogen) atoms. The molecule has 1 heterocycles. The van der Waals surface area contributed by atoms with Crippen molar-refractivity contribution in [2.75, 3.05) is 16.4 Å². The lowest BCUT2D eigenvalue weighted by atomic mass is 10.0. The number of aromatic nitrogens is 1. The van der Waals surface area contributed by atoms with Crippen molar-refractivity contribution >= 4 is 34.2 Å². The molecule has 0 saturated heterocycles. The number of urea groups is 1. The van der Waals surface area contributed by atoms with Gasteiger partial charge in [0, 0.05) is 5.69 Å². The Morgan fingerprint density at radius 3 is 2.45 bits per heavy atom. The van der Waals surface area contributed by atoms with Gasteiger partial charge in [-0.25, -0.2) is 4.79 Å². The van der Waals surface area contributed by atoms with E-state index in [4.69, 9.17) is 10.3 Å². The largest absolute Gasteiger partial charge is 0.573 e. The Hall–Kier alpha value is -4.21. The highest BCUT2D eigenvalue weighted by Crippen LogP contribution is 2.33. The molecule has 10 heteroatoms. The van der Waals surface area contributed by atoms with Gasteiger partial charge in [0.15, 0.2) is 5.75 Å². The molecule has 0 spiro atoms. The molecule has 0 bridgehead atoms. The summed E-state index contributed by atoms with van der Waals surface area (Å²) in [5.74, 6) is -0.313. The SMILES string of the molecule is Nc1onc2cccc(-c3ccc(NC(=O)Nc4ccccc4OC(F)(F)F)cc3)c12. The number of para-hydroxylation sites is 2. The number of ether oxygens (including phenoxy) is 1. The van der Waals surface area contributed by atoms with E-state index in [0.29, 0.717) is 16.6 Å². The number of nitrogen functional groups attached to an aromatic ring is 1. The molecule has 158 valence electrons. The number of anilines is 3. The van der Waals surface area contributed by atoms with E-state index in [1.54, 1.807) is 30.3 Å². The lowest BCUT2D eigenvalue weighted by Gasteiger charge is -2.14. The Bertz CT molecular complexity index is 1240. The van der Waals surface area contributed by atoms with Crippen molar-refractivity contribution in [3.8, 4) is 16.9 Å². The zero-order valence-electron chi connectivity index (χ0n) is 15.7. The molecular formula is C21H15F3N4O3. The standard InChI is InChI=1S/C21H15F3N4O3/c22-21(23,24)30-17-7-2-1-5-15(17)27-20(29)26-13-10-8-12(9-11-13)14-4-3-6-16-18(14)19(25)31-28-16/h1-11H,25H2,(H2,26,27,29). The van der Waals surface area contributed by atoms with E-state index in [0.717, 1.165) is 17.2 Å². The van der Waals surface area contributed by atoms with Crippen molar-refractivity contribution in [3.05, 3.63) is 66.7 Å². The van der Waals surface area contributed by atoms with Crippen LogP contribution in [-0.2, 0) is 0 Å². The molecular weight excluding hydrogens is 413 g/mol. The maximum absolute atomic E-state index is 12.5. The van der Waals surface area contributed by atoms with E-state index in [-0.39, 0.29) is 11.6 Å². The fourth-order valence-corrected chi connectivity index (χ4v) is 3.06. The van der Waals surface area contributed by atoms with Crippen LogP contribution in [-0.4, -0.2) is 17.6 Å². The van der Waals surface area contributed by atoms with Crippen LogP contribution in [0.1, 0.15) is 0 Å². The molecule has 4 N–H and O–H groups in total. The lowest BCUT2D eigenvalue weighted by molar-refractivity contribution is -0.274. The fourth-order valence-electron chi connectivity index (χ4n) is 3.06. The number of alkyl halides is 3. The lowest BCUT2D eigenvalue weighted by Crippen LogP contribution is -2.22. The van der Waals surface area contributed by atoms with Crippen molar-refractivity contribution in [1.29, 1.82) is 0 Å². The number of carbonyl (C=O) groups excluding carboxylic acids is 1. The molecule has 1 aromatic heterocycles. The monoisotopic (exact) mass is 428 g/mol. The predicted octanol–water partition coefficient (Wildman–Crippen LogP) is 5.62. The van der Waals surface area contributed by atoms with Crippen LogP contribution in [0.4, 0.5) is 35.2 Å². The Kier molecular flexibility index (Phi) is 5.12. The molecule has 3 aromatic carbocycles. The smallest absolute Gasteiger partial charge is 0.404 e. The number of nitrogens with one attached hydrogen (secondary N) is 2. The summed E-state index contributed by atoms with van der Waals surface area (Å²) >= 11 is 0. The van der Waals surface area contributed by atoms with Gasteiger partial charge in [-0.05, 0) is 41.5 Å². The van der Waals surface area contributed by atoms with Gasteiger partial charge in [0.1, 0.15) is 5.52 Å². The number of hydrogen-bond donors (Lipinski definition) is 3. The number of amides is 2. The van der Waals surface area contributed by atoms with Gasteiger partial charge in [0.05, 0.1) is 11.1 Å². The quantitative estimate of drug-likeness (QED) is 0.392. The van der Waals surface area contributed by atoms with Crippen LogP contribution in [0.3, 0.4) is 0 Å². The van der Waals surface area contributed by atoms with Crippen LogP contribution in [0.25, 0.3) is 22.0 Å². The topological polar surface area (TPSA) is 102 Å². The van der Waals surface area contributed by atoms with Gasteiger partial charge in [-0.2, -0.15) is 0 Å². The number of rotatable bonds is 4. The number of fused-ring (bicyclic) bond motifs is 1. The molecule has 0 saturated carbocycles. The first kappa shape index (κ1) is 20.1. The Morgan fingerprint density at radius 2 is 1.71 bits per heavy atom. The normalized spacial score (nSPS) is 11.3.